The summed E-state index contributed by atoms with van der Waals surface area (Å²) < 4.78 is 26.9. The van der Waals surface area contributed by atoms with Crippen LogP contribution in [0.4, 0.5) is 0 Å². The number of likely N-dealkylation sites (N-methyl/N-ethyl adjacent to an activating group) is 1. The molecule has 108 valence electrons. The van der Waals surface area contributed by atoms with Gasteiger partial charge in [-0.05, 0) is 38.4 Å². The molecule has 1 unspecified atom stereocenters. The Morgan fingerprint density at radius 2 is 2.26 bits per heavy atom. The third kappa shape index (κ3) is 3.00. The van der Waals surface area contributed by atoms with Crippen LogP contribution in [-0.2, 0) is 16.6 Å². The zero-order chi connectivity index (χ0) is 14.0. The van der Waals surface area contributed by atoms with Crippen molar-refractivity contribution in [1.82, 2.24) is 9.21 Å². The highest BCUT2D eigenvalue weighted by atomic mass is 32.2. The molecule has 0 saturated carbocycles. The number of thiophene rings is 1. The molecule has 2 heterocycles. The fourth-order valence-electron chi connectivity index (χ4n) is 2.53. The van der Waals surface area contributed by atoms with Gasteiger partial charge in [-0.3, -0.25) is 0 Å². The number of rotatable bonds is 5. The summed E-state index contributed by atoms with van der Waals surface area (Å²) in [6.45, 7) is 1.08. The molecule has 0 spiro atoms. The lowest BCUT2D eigenvalue weighted by atomic mass is 10.2. The average molecular weight is 304 g/mol. The number of aliphatic hydroxyl groups is 1. The van der Waals surface area contributed by atoms with E-state index in [1.54, 1.807) is 15.8 Å². The molecule has 0 amide bonds. The predicted octanol–water partition coefficient (Wildman–Crippen LogP) is 0.955. The summed E-state index contributed by atoms with van der Waals surface area (Å²) in [6.07, 6.45) is 1.80. The lowest BCUT2D eigenvalue weighted by Gasteiger charge is -2.26. The first-order chi connectivity index (χ1) is 8.96. The Bertz CT molecular complexity index is 525. The van der Waals surface area contributed by atoms with E-state index in [-0.39, 0.29) is 17.5 Å². The zero-order valence-corrected chi connectivity index (χ0v) is 12.9. The Morgan fingerprint density at radius 3 is 2.89 bits per heavy atom. The first-order valence-corrected chi connectivity index (χ1v) is 8.62. The third-order valence-corrected chi connectivity index (χ3v) is 6.41. The molecule has 0 radical (unpaired) electrons. The highest BCUT2D eigenvalue weighted by molar-refractivity contribution is 7.89. The van der Waals surface area contributed by atoms with E-state index in [0.717, 1.165) is 19.4 Å². The first-order valence-electron chi connectivity index (χ1n) is 6.30. The molecular weight excluding hydrogens is 284 g/mol. The third-order valence-electron chi connectivity index (χ3n) is 3.33. The second-order valence-electron chi connectivity index (χ2n) is 5.04. The number of hydrogen-bond donors (Lipinski definition) is 1. The van der Waals surface area contributed by atoms with Crippen LogP contribution in [0, 0.1) is 0 Å². The van der Waals surface area contributed by atoms with Gasteiger partial charge in [0, 0.05) is 24.0 Å². The minimum atomic E-state index is -3.48. The number of aliphatic hydroxyl groups excluding tert-OH is 1. The molecule has 1 aromatic heterocycles. The normalized spacial score (nSPS) is 21.4. The topological polar surface area (TPSA) is 60.9 Å². The van der Waals surface area contributed by atoms with E-state index in [0.29, 0.717) is 11.4 Å². The van der Waals surface area contributed by atoms with E-state index in [1.807, 2.05) is 19.0 Å². The molecule has 0 aliphatic carbocycles. The van der Waals surface area contributed by atoms with Crippen molar-refractivity contribution in [1.29, 1.82) is 0 Å². The fourth-order valence-corrected chi connectivity index (χ4v) is 5.48. The van der Waals surface area contributed by atoms with Gasteiger partial charge >= 0.3 is 0 Å². The van der Waals surface area contributed by atoms with E-state index in [2.05, 4.69) is 0 Å². The van der Waals surface area contributed by atoms with Crippen LogP contribution >= 0.6 is 11.3 Å². The molecule has 1 atom stereocenters. The van der Waals surface area contributed by atoms with E-state index in [1.165, 1.54) is 11.3 Å². The molecule has 1 aliphatic heterocycles. The van der Waals surface area contributed by atoms with Gasteiger partial charge in [0.1, 0.15) is 0 Å². The maximum atomic E-state index is 12.7. The van der Waals surface area contributed by atoms with Crippen LogP contribution < -0.4 is 0 Å². The Kier molecular flexibility index (Phi) is 4.62. The van der Waals surface area contributed by atoms with Gasteiger partial charge in [-0.15, -0.1) is 11.3 Å². The summed E-state index contributed by atoms with van der Waals surface area (Å²) in [4.78, 5) is 2.81. The predicted molar refractivity (Wildman–Crippen MR) is 75.7 cm³/mol. The minimum absolute atomic E-state index is 0.0337. The number of sulfonamides is 1. The van der Waals surface area contributed by atoms with Gasteiger partial charge in [0.15, 0.2) is 0 Å². The molecule has 5 nitrogen and oxygen atoms in total. The van der Waals surface area contributed by atoms with Crippen molar-refractivity contribution < 1.29 is 13.5 Å². The quantitative estimate of drug-likeness (QED) is 0.880. The maximum Gasteiger partial charge on any atom is 0.244 e. The lowest BCUT2D eigenvalue weighted by Crippen LogP contribution is -2.41. The summed E-state index contributed by atoms with van der Waals surface area (Å²) in [5, 5.41) is 11.0. The molecule has 2 rings (SSSR count). The van der Waals surface area contributed by atoms with Crippen LogP contribution in [0.15, 0.2) is 16.3 Å². The van der Waals surface area contributed by atoms with Crippen LogP contribution in [0.3, 0.4) is 0 Å². The molecule has 7 heteroatoms. The van der Waals surface area contributed by atoms with Crippen molar-refractivity contribution in [2.75, 3.05) is 27.2 Å². The molecular formula is C12H20N2O3S2. The number of nitrogens with zero attached hydrogens (tertiary/aromatic N) is 2. The summed E-state index contributed by atoms with van der Waals surface area (Å²) in [7, 11) is 0.427. The lowest BCUT2D eigenvalue weighted by molar-refractivity contribution is 0.279. The van der Waals surface area contributed by atoms with Crippen molar-refractivity contribution in [3.63, 3.8) is 0 Å². The largest absolute Gasteiger partial charge is 0.391 e. The molecule has 0 aromatic carbocycles. The number of hydrogen-bond acceptors (Lipinski definition) is 5. The second kappa shape index (κ2) is 5.88. The van der Waals surface area contributed by atoms with Gasteiger partial charge in [-0.2, -0.15) is 4.31 Å². The molecule has 1 N–H and O–H groups in total. The molecule has 1 fully saturated rings. The van der Waals surface area contributed by atoms with Crippen molar-refractivity contribution >= 4 is 21.4 Å². The van der Waals surface area contributed by atoms with Crippen LogP contribution in [0.5, 0.6) is 0 Å². The van der Waals surface area contributed by atoms with Gasteiger partial charge in [0.25, 0.3) is 0 Å². The Hall–Kier alpha value is -0.470. The van der Waals surface area contributed by atoms with Crippen molar-refractivity contribution in [3.8, 4) is 0 Å². The van der Waals surface area contributed by atoms with Crippen LogP contribution in [-0.4, -0.2) is 56.0 Å². The molecule has 1 aliphatic rings. The molecule has 1 saturated heterocycles. The van der Waals surface area contributed by atoms with Crippen LogP contribution in [0.1, 0.15) is 17.7 Å². The summed E-state index contributed by atoms with van der Waals surface area (Å²) in [5.41, 5.74) is 0. The molecule has 0 bridgehead atoms. The Labute approximate surface area is 118 Å². The fraction of sp³-hybridized carbons (Fsp3) is 0.667. The van der Waals surface area contributed by atoms with E-state index >= 15 is 0 Å². The highest BCUT2D eigenvalue weighted by Gasteiger charge is 2.36. The van der Waals surface area contributed by atoms with Gasteiger partial charge in [-0.1, -0.05) is 0 Å². The summed E-state index contributed by atoms with van der Waals surface area (Å²) in [6, 6.07) is 1.63. The second-order valence-corrected chi connectivity index (χ2v) is 7.90. The smallest absolute Gasteiger partial charge is 0.244 e. The first kappa shape index (κ1) is 14.9. The van der Waals surface area contributed by atoms with Crippen LogP contribution in [0.2, 0.25) is 0 Å². The van der Waals surface area contributed by atoms with Crippen molar-refractivity contribution in [3.05, 3.63) is 16.3 Å². The Morgan fingerprint density at radius 1 is 1.53 bits per heavy atom. The standard InChI is InChI=1S/C12H20N2O3S2/c1-13(2)8-10-4-3-6-14(10)19(16,17)12-5-7-18-11(12)9-15/h5,7,10,15H,3-4,6,8-9H2,1-2H3. The van der Waals surface area contributed by atoms with Crippen molar-refractivity contribution in [2.24, 2.45) is 0 Å². The highest BCUT2D eigenvalue weighted by Crippen LogP contribution is 2.30. The minimum Gasteiger partial charge on any atom is -0.391 e. The Balaban J connectivity index is 2.29. The zero-order valence-electron chi connectivity index (χ0n) is 11.2. The van der Waals surface area contributed by atoms with E-state index < -0.39 is 10.0 Å². The van der Waals surface area contributed by atoms with Crippen molar-refractivity contribution in [2.45, 2.75) is 30.4 Å². The average Bonchev–Trinajstić information content (AvgIpc) is 2.95. The van der Waals surface area contributed by atoms with Crippen LogP contribution in [0.25, 0.3) is 0 Å². The van der Waals surface area contributed by atoms with Gasteiger partial charge in [0.05, 0.1) is 11.5 Å². The van der Waals surface area contributed by atoms with E-state index in [4.69, 9.17) is 0 Å². The van der Waals surface area contributed by atoms with E-state index in [9.17, 15) is 13.5 Å². The molecule has 19 heavy (non-hydrogen) atoms. The monoisotopic (exact) mass is 304 g/mol. The maximum absolute atomic E-state index is 12.7. The summed E-state index contributed by atoms with van der Waals surface area (Å²) in [5.74, 6) is 0. The summed E-state index contributed by atoms with van der Waals surface area (Å²) >= 11 is 1.28. The van der Waals surface area contributed by atoms with Gasteiger partial charge < -0.3 is 10.0 Å². The van der Waals surface area contributed by atoms with Gasteiger partial charge in [-0.25, -0.2) is 8.42 Å². The SMILES string of the molecule is CN(C)CC1CCCN1S(=O)(=O)c1ccsc1CO. The molecule has 1 aromatic rings. The van der Waals surface area contributed by atoms with Gasteiger partial charge in [0.2, 0.25) is 10.0 Å².